The molecule has 4 heteroatoms. The van der Waals surface area contributed by atoms with Gasteiger partial charge in [0.15, 0.2) is 0 Å². The Morgan fingerprint density at radius 3 is 2.21 bits per heavy atom. The Balaban J connectivity index is 2.98. The predicted molar refractivity (Wildman–Crippen MR) is 59.7 cm³/mol. The van der Waals surface area contributed by atoms with Crippen molar-refractivity contribution in [2.24, 2.45) is 0 Å². The average molecular weight is 194 g/mol. The van der Waals surface area contributed by atoms with Crippen LogP contribution in [0.5, 0.6) is 0 Å². The molecule has 0 aromatic carbocycles. The Morgan fingerprint density at radius 2 is 1.71 bits per heavy atom. The fraction of sp³-hybridized carbons (Fsp3) is 0.600. The van der Waals surface area contributed by atoms with Crippen molar-refractivity contribution in [2.75, 3.05) is 17.7 Å². The molecule has 0 saturated carbocycles. The van der Waals surface area contributed by atoms with Gasteiger partial charge >= 0.3 is 0 Å². The van der Waals surface area contributed by atoms with Crippen LogP contribution in [0.2, 0.25) is 0 Å². The average Bonchev–Trinajstić information content (AvgIpc) is 2.06. The maximum Gasteiger partial charge on any atom is 0.134 e. The second-order valence-corrected chi connectivity index (χ2v) is 4.32. The van der Waals surface area contributed by atoms with Crippen molar-refractivity contribution in [1.82, 2.24) is 9.97 Å². The van der Waals surface area contributed by atoms with Crippen LogP contribution in [0.25, 0.3) is 0 Å². The predicted octanol–water partition coefficient (Wildman–Crippen LogP) is 2.04. The van der Waals surface area contributed by atoms with Gasteiger partial charge < -0.3 is 10.6 Å². The van der Waals surface area contributed by atoms with Crippen LogP contribution in [-0.2, 0) is 0 Å². The van der Waals surface area contributed by atoms with Gasteiger partial charge in [0.1, 0.15) is 18.0 Å². The summed E-state index contributed by atoms with van der Waals surface area (Å²) in [5, 5.41) is 6.36. The van der Waals surface area contributed by atoms with Gasteiger partial charge in [0.05, 0.1) is 0 Å². The van der Waals surface area contributed by atoms with Crippen molar-refractivity contribution in [3.63, 3.8) is 0 Å². The fourth-order valence-corrected chi connectivity index (χ4v) is 1.18. The summed E-state index contributed by atoms with van der Waals surface area (Å²) in [4.78, 5) is 8.34. The highest BCUT2D eigenvalue weighted by Gasteiger charge is 2.13. The van der Waals surface area contributed by atoms with Crippen LogP contribution in [0.1, 0.15) is 26.3 Å². The van der Waals surface area contributed by atoms with E-state index in [1.165, 1.54) is 0 Å². The Labute approximate surface area is 85.2 Å². The summed E-state index contributed by atoms with van der Waals surface area (Å²) in [6.45, 7) is 8.31. The largest absolute Gasteiger partial charge is 0.373 e. The first-order chi connectivity index (χ1) is 6.44. The number of anilines is 2. The lowest BCUT2D eigenvalue weighted by Gasteiger charge is -2.22. The molecule has 0 unspecified atom stereocenters. The molecule has 0 spiro atoms. The van der Waals surface area contributed by atoms with Crippen LogP contribution in [0.15, 0.2) is 6.33 Å². The smallest absolute Gasteiger partial charge is 0.134 e. The fourth-order valence-electron chi connectivity index (χ4n) is 1.18. The maximum atomic E-state index is 4.21. The van der Waals surface area contributed by atoms with Gasteiger partial charge in [0.2, 0.25) is 0 Å². The first-order valence-electron chi connectivity index (χ1n) is 4.71. The lowest BCUT2D eigenvalue weighted by molar-refractivity contribution is 0.629. The standard InChI is InChI=1S/C10H18N4/c1-7-8(11-5)12-6-13-9(7)14-10(2,3)4/h6H,1-5H3,(H2,11,12,13,14). The molecule has 0 bridgehead atoms. The van der Waals surface area contributed by atoms with Gasteiger partial charge in [-0.1, -0.05) is 0 Å². The molecule has 2 N–H and O–H groups in total. The molecule has 1 heterocycles. The van der Waals surface area contributed by atoms with Crippen LogP contribution in [-0.4, -0.2) is 22.6 Å². The number of hydrogen-bond acceptors (Lipinski definition) is 4. The van der Waals surface area contributed by atoms with E-state index in [1.54, 1.807) is 6.33 Å². The summed E-state index contributed by atoms with van der Waals surface area (Å²) >= 11 is 0. The molecule has 0 atom stereocenters. The van der Waals surface area contributed by atoms with E-state index in [-0.39, 0.29) is 5.54 Å². The van der Waals surface area contributed by atoms with E-state index in [0.717, 1.165) is 17.2 Å². The third-order valence-corrected chi connectivity index (χ3v) is 1.81. The quantitative estimate of drug-likeness (QED) is 0.756. The van der Waals surface area contributed by atoms with Gasteiger partial charge in [0, 0.05) is 18.2 Å². The Morgan fingerprint density at radius 1 is 1.14 bits per heavy atom. The van der Waals surface area contributed by atoms with E-state index < -0.39 is 0 Å². The van der Waals surface area contributed by atoms with Crippen LogP contribution < -0.4 is 10.6 Å². The zero-order valence-corrected chi connectivity index (χ0v) is 9.47. The second-order valence-electron chi connectivity index (χ2n) is 4.32. The number of hydrogen-bond donors (Lipinski definition) is 2. The van der Waals surface area contributed by atoms with E-state index in [0.29, 0.717) is 0 Å². The summed E-state index contributed by atoms with van der Waals surface area (Å²) < 4.78 is 0. The van der Waals surface area contributed by atoms with E-state index in [9.17, 15) is 0 Å². The summed E-state index contributed by atoms with van der Waals surface area (Å²) in [7, 11) is 1.86. The number of rotatable bonds is 2. The van der Waals surface area contributed by atoms with Crippen molar-refractivity contribution in [1.29, 1.82) is 0 Å². The molecule has 0 radical (unpaired) electrons. The number of nitrogens with zero attached hydrogens (tertiary/aromatic N) is 2. The Kier molecular flexibility index (Phi) is 2.93. The van der Waals surface area contributed by atoms with Crippen molar-refractivity contribution in [3.8, 4) is 0 Å². The molecule has 0 fully saturated rings. The van der Waals surface area contributed by atoms with Gasteiger partial charge in [-0.2, -0.15) is 0 Å². The zero-order chi connectivity index (χ0) is 10.8. The van der Waals surface area contributed by atoms with Crippen molar-refractivity contribution in [3.05, 3.63) is 11.9 Å². The first-order valence-corrected chi connectivity index (χ1v) is 4.71. The minimum atomic E-state index is 0.0180. The van der Waals surface area contributed by atoms with Gasteiger partial charge in [-0.25, -0.2) is 9.97 Å². The highest BCUT2D eigenvalue weighted by molar-refractivity contribution is 5.56. The Bertz CT molecular complexity index is 314. The molecule has 1 rings (SSSR count). The molecular weight excluding hydrogens is 176 g/mol. The van der Waals surface area contributed by atoms with Crippen LogP contribution in [0.4, 0.5) is 11.6 Å². The highest BCUT2D eigenvalue weighted by atomic mass is 15.1. The molecule has 1 aromatic rings. The van der Waals surface area contributed by atoms with Gasteiger partial charge in [-0.15, -0.1) is 0 Å². The third-order valence-electron chi connectivity index (χ3n) is 1.81. The summed E-state index contributed by atoms with van der Waals surface area (Å²) in [6.07, 6.45) is 1.56. The molecule has 4 nitrogen and oxygen atoms in total. The molecule has 14 heavy (non-hydrogen) atoms. The summed E-state index contributed by atoms with van der Waals surface area (Å²) in [5.74, 6) is 1.75. The summed E-state index contributed by atoms with van der Waals surface area (Å²) in [6, 6.07) is 0. The monoisotopic (exact) mass is 194 g/mol. The lowest BCUT2D eigenvalue weighted by Crippen LogP contribution is -2.27. The Hall–Kier alpha value is -1.32. The minimum absolute atomic E-state index is 0.0180. The van der Waals surface area contributed by atoms with E-state index in [2.05, 4.69) is 41.4 Å². The number of nitrogens with one attached hydrogen (secondary N) is 2. The first kappa shape index (κ1) is 10.8. The van der Waals surface area contributed by atoms with Crippen LogP contribution in [0.3, 0.4) is 0 Å². The van der Waals surface area contributed by atoms with Crippen LogP contribution >= 0.6 is 0 Å². The third kappa shape index (κ3) is 2.58. The topological polar surface area (TPSA) is 49.8 Å². The van der Waals surface area contributed by atoms with Crippen molar-refractivity contribution in [2.45, 2.75) is 33.2 Å². The molecular formula is C10H18N4. The van der Waals surface area contributed by atoms with E-state index in [1.807, 2.05) is 14.0 Å². The highest BCUT2D eigenvalue weighted by Crippen LogP contribution is 2.20. The summed E-state index contributed by atoms with van der Waals surface area (Å²) in [5.41, 5.74) is 1.06. The normalized spacial score (nSPS) is 11.2. The molecule has 0 saturated heterocycles. The second kappa shape index (κ2) is 3.82. The molecule has 0 aliphatic heterocycles. The number of aromatic nitrogens is 2. The maximum absolute atomic E-state index is 4.21. The minimum Gasteiger partial charge on any atom is -0.373 e. The van der Waals surface area contributed by atoms with Crippen LogP contribution in [0, 0.1) is 6.92 Å². The van der Waals surface area contributed by atoms with Gasteiger partial charge in [-0.05, 0) is 27.7 Å². The van der Waals surface area contributed by atoms with E-state index >= 15 is 0 Å². The molecule has 0 amide bonds. The van der Waals surface area contributed by atoms with E-state index in [4.69, 9.17) is 0 Å². The molecule has 0 aliphatic carbocycles. The van der Waals surface area contributed by atoms with Crippen molar-refractivity contribution < 1.29 is 0 Å². The van der Waals surface area contributed by atoms with Gasteiger partial charge in [-0.3, -0.25) is 0 Å². The molecule has 1 aromatic heterocycles. The van der Waals surface area contributed by atoms with Crippen molar-refractivity contribution >= 4 is 11.6 Å². The lowest BCUT2D eigenvalue weighted by atomic mass is 10.1. The van der Waals surface area contributed by atoms with Gasteiger partial charge in [0.25, 0.3) is 0 Å². The molecule has 0 aliphatic rings. The SMILES string of the molecule is CNc1ncnc(NC(C)(C)C)c1C. The zero-order valence-electron chi connectivity index (χ0n) is 9.47. The molecule has 78 valence electrons.